The number of hydrogen-bond donors (Lipinski definition) is 1. The van der Waals surface area contributed by atoms with E-state index in [1.54, 1.807) is 22.2 Å². The second kappa shape index (κ2) is 10.2. The largest absolute Gasteiger partial charge is 0.356 e. The van der Waals surface area contributed by atoms with E-state index >= 15 is 0 Å². The molecular weight excluding hydrogens is 468 g/mol. The normalized spacial score (nSPS) is 15.3. The fraction of sp³-hybridized carbons (Fsp3) is 0.276. The Balaban J connectivity index is 1.11. The number of nitrogens with one attached hydrogen (secondary N) is 1. The van der Waals surface area contributed by atoms with Gasteiger partial charge < -0.3 is 9.84 Å². The molecule has 2 aromatic carbocycles. The number of thiophene rings is 1. The molecule has 0 bridgehead atoms. The SMILES string of the molecule is O=c1c2c3c(sc2ncn1CCCc1ccccc1)C[C@@H](NCc1cc(-c2ccccc2)on1)CC3. The van der Waals surface area contributed by atoms with Crippen LogP contribution in [0.15, 0.2) is 82.4 Å². The maximum absolute atomic E-state index is 13.3. The lowest BCUT2D eigenvalue weighted by atomic mass is 9.93. The van der Waals surface area contributed by atoms with E-state index in [0.717, 1.165) is 59.3 Å². The molecule has 0 amide bonds. The highest BCUT2D eigenvalue weighted by Crippen LogP contribution is 2.33. The summed E-state index contributed by atoms with van der Waals surface area (Å²) in [5.41, 5.74) is 4.54. The van der Waals surface area contributed by atoms with Gasteiger partial charge in [-0.25, -0.2) is 4.98 Å². The molecule has 6 rings (SSSR count). The molecule has 0 aliphatic heterocycles. The summed E-state index contributed by atoms with van der Waals surface area (Å²) < 4.78 is 7.32. The second-order valence-electron chi connectivity index (χ2n) is 9.39. The van der Waals surface area contributed by atoms with Gasteiger partial charge in [0, 0.05) is 35.6 Å². The van der Waals surface area contributed by atoms with Crippen LogP contribution in [0, 0.1) is 0 Å². The Labute approximate surface area is 213 Å². The predicted molar refractivity (Wildman–Crippen MR) is 143 cm³/mol. The first-order valence-corrected chi connectivity index (χ1v) is 13.3. The number of benzene rings is 2. The van der Waals surface area contributed by atoms with E-state index in [2.05, 4.69) is 39.7 Å². The van der Waals surface area contributed by atoms with Crippen molar-refractivity contribution in [2.24, 2.45) is 0 Å². The predicted octanol–water partition coefficient (Wildman–Crippen LogP) is 5.39. The van der Waals surface area contributed by atoms with Crippen LogP contribution in [0.3, 0.4) is 0 Å². The highest BCUT2D eigenvalue weighted by molar-refractivity contribution is 7.18. The van der Waals surface area contributed by atoms with Crippen molar-refractivity contribution < 1.29 is 4.52 Å². The van der Waals surface area contributed by atoms with Crippen LogP contribution in [0.25, 0.3) is 21.5 Å². The monoisotopic (exact) mass is 496 g/mol. The summed E-state index contributed by atoms with van der Waals surface area (Å²) in [6.45, 7) is 1.35. The van der Waals surface area contributed by atoms with Crippen molar-refractivity contribution in [1.29, 1.82) is 0 Å². The lowest BCUT2D eigenvalue weighted by Gasteiger charge is -2.23. The van der Waals surface area contributed by atoms with E-state index in [1.807, 2.05) is 42.5 Å². The van der Waals surface area contributed by atoms with Crippen molar-refractivity contribution in [1.82, 2.24) is 20.0 Å². The zero-order valence-corrected chi connectivity index (χ0v) is 20.8. The molecule has 1 N–H and O–H groups in total. The average molecular weight is 497 g/mol. The minimum Gasteiger partial charge on any atom is -0.356 e. The summed E-state index contributed by atoms with van der Waals surface area (Å²) in [4.78, 5) is 20.1. The molecule has 182 valence electrons. The van der Waals surface area contributed by atoms with E-state index in [-0.39, 0.29) is 5.56 Å². The van der Waals surface area contributed by atoms with Crippen LogP contribution in [0.4, 0.5) is 0 Å². The van der Waals surface area contributed by atoms with Crippen molar-refractivity contribution in [2.75, 3.05) is 0 Å². The van der Waals surface area contributed by atoms with E-state index in [9.17, 15) is 4.79 Å². The Hall–Kier alpha value is -3.55. The molecule has 0 saturated carbocycles. The summed E-state index contributed by atoms with van der Waals surface area (Å²) in [7, 11) is 0. The van der Waals surface area contributed by atoms with Gasteiger partial charge in [0.05, 0.1) is 17.4 Å². The number of aromatic nitrogens is 3. The van der Waals surface area contributed by atoms with Gasteiger partial charge in [0.1, 0.15) is 4.83 Å². The fourth-order valence-electron chi connectivity index (χ4n) is 5.02. The van der Waals surface area contributed by atoms with E-state index < -0.39 is 0 Å². The molecule has 0 spiro atoms. The number of fused-ring (bicyclic) bond motifs is 3. The topological polar surface area (TPSA) is 73.0 Å². The molecule has 0 radical (unpaired) electrons. The Morgan fingerprint density at radius 2 is 1.89 bits per heavy atom. The minimum atomic E-state index is 0.105. The molecule has 1 aliphatic rings. The van der Waals surface area contributed by atoms with Crippen molar-refractivity contribution in [3.05, 3.63) is 105 Å². The third-order valence-electron chi connectivity index (χ3n) is 6.93. The number of hydrogen-bond acceptors (Lipinski definition) is 6. The van der Waals surface area contributed by atoms with Gasteiger partial charge >= 0.3 is 0 Å². The zero-order chi connectivity index (χ0) is 24.3. The Morgan fingerprint density at radius 3 is 2.72 bits per heavy atom. The lowest BCUT2D eigenvalue weighted by molar-refractivity contribution is 0.408. The molecule has 1 aliphatic carbocycles. The summed E-state index contributed by atoms with van der Waals surface area (Å²) in [6.07, 6.45) is 6.40. The molecule has 0 fully saturated rings. The smallest absolute Gasteiger partial charge is 0.262 e. The standard InChI is InChI=1S/C29H28N4O2S/c34-29-27-24-14-13-22(30-18-23-16-25(35-32-23)21-11-5-2-6-12-21)17-26(24)36-28(27)31-19-33(29)15-7-10-20-8-3-1-4-9-20/h1-6,8-9,11-12,16,19,22,30H,7,10,13-15,17-18H2/t22-/m0/s1. The number of aryl methyl sites for hydroxylation is 3. The van der Waals surface area contributed by atoms with Gasteiger partial charge in [-0.3, -0.25) is 9.36 Å². The van der Waals surface area contributed by atoms with Crippen molar-refractivity contribution >= 4 is 21.6 Å². The van der Waals surface area contributed by atoms with Crippen LogP contribution in [0.5, 0.6) is 0 Å². The van der Waals surface area contributed by atoms with E-state index in [0.29, 0.717) is 19.1 Å². The van der Waals surface area contributed by atoms with Crippen LogP contribution in [-0.2, 0) is 32.4 Å². The summed E-state index contributed by atoms with van der Waals surface area (Å²) in [6, 6.07) is 22.8. The molecule has 5 aromatic rings. The third kappa shape index (κ3) is 4.76. The highest BCUT2D eigenvalue weighted by atomic mass is 32.1. The maximum atomic E-state index is 13.3. The van der Waals surface area contributed by atoms with Gasteiger partial charge in [-0.05, 0) is 43.2 Å². The molecular formula is C29H28N4O2S. The molecule has 36 heavy (non-hydrogen) atoms. The van der Waals surface area contributed by atoms with Gasteiger partial charge in [-0.2, -0.15) is 0 Å². The minimum absolute atomic E-state index is 0.105. The van der Waals surface area contributed by atoms with Crippen LogP contribution in [-0.4, -0.2) is 20.7 Å². The third-order valence-corrected chi connectivity index (χ3v) is 8.09. The lowest BCUT2D eigenvalue weighted by Crippen LogP contribution is -2.34. The molecule has 6 nitrogen and oxygen atoms in total. The molecule has 0 saturated heterocycles. The Kier molecular flexibility index (Phi) is 6.49. The van der Waals surface area contributed by atoms with E-state index in [1.165, 1.54) is 16.0 Å². The van der Waals surface area contributed by atoms with Gasteiger partial charge in [0.15, 0.2) is 5.76 Å². The average Bonchev–Trinajstić information content (AvgIpc) is 3.55. The summed E-state index contributed by atoms with van der Waals surface area (Å²) >= 11 is 1.67. The second-order valence-corrected chi connectivity index (χ2v) is 10.5. The van der Waals surface area contributed by atoms with Crippen LogP contribution < -0.4 is 10.9 Å². The first-order chi connectivity index (χ1) is 17.7. The van der Waals surface area contributed by atoms with Gasteiger partial charge in [-0.15, -0.1) is 11.3 Å². The first kappa shape index (κ1) is 22.9. The molecule has 0 unspecified atom stereocenters. The molecule has 7 heteroatoms. The summed E-state index contributed by atoms with van der Waals surface area (Å²) in [5, 5.41) is 8.70. The van der Waals surface area contributed by atoms with Crippen LogP contribution >= 0.6 is 11.3 Å². The maximum Gasteiger partial charge on any atom is 0.262 e. The van der Waals surface area contributed by atoms with Crippen molar-refractivity contribution in [3.63, 3.8) is 0 Å². The first-order valence-electron chi connectivity index (χ1n) is 12.5. The van der Waals surface area contributed by atoms with E-state index in [4.69, 9.17) is 4.52 Å². The van der Waals surface area contributed by atoms with Crippen molar-refractivity contribution in [2.45, 2.75) is 51.2 Å². The van der Waals surface area contributed by atoms with Gasteiger partial charge in [0.2, 0.25) is 0 Å². The molecule has 3 aromatic heterocycles. The fourth-order valence-corrected chi connectivity index (χ4v) is 6.27. The van der Waals surface area contributed by atoms with Crippen LogP contribution in [0.1, 0.15) is 34.5 Å². The number of rotatable bonds is 8. The Morgan fingerprint density at radius 1 is 1.08 bits per heavy atom. The molecule has 3 heterocycles. The Bertz CT molecular complexity index is 1520. The molecule has 1 atom stereocenters. The van der Waals surface area contributed by atoms with Gasteiger partial charge in [-0.1, -0.05) is 65.8 Å². The quantitative estimate of drug-likeness (QED) is 0.312. The van der Waals surface area contributed by atoms with Crippen LogP contribution in [0.2, 0.25) is 0 Å². The number of nitrogens with zero attached hydrogens (tertiary/aromatic N) is 3. The highest BCUT2D eigenvalue weighted by Gasteiger charge is 2.25. The summed E-state index contributed by atoms with van der Waals surface area (Å²) in [5.74, 6) is 0.786. The zero-order valence-electron chi connectivity index (χ0n) is 20.0. The van der Waals surface area contributed by atoms with Gasteiger partial charge in [0.25, 0.3) is 5.56 Å². The van der Waals surface area contributed by atoms with Crippen molar-refractivity contribution in [3.8, 4) is 11.3 Å².